The van der Waals surface area contributed by atoms with Crippen LogP contribution in [0.4, 0.5) is 0 Å². The highest BCUT2D eigenvalue weighted by Gasteiger charge is 2.07. The Morgan fingerprint density at radius 2 is 2.21 bits per heavy atom. The molecule has 0 bridgehead atoms. The fourth-order valence-electron chi connectivity index (χ4n) is 1.14. The third-order valence-electron chi connectivity index (χ3n) is 1.71. The fraction of sp³-hybridized carbons (Fsp3) is 0. The second-order valence-corrected chi connectivity index (χ2v) is 3.35. The lowest BCUT2D eigenvalue weighted by atomic mass is 10.2. The normalized spacial score (nSPS) is 9.64. The second kappa shape index (κ2) is 3.99. The van der Waals surface area contributed by atoms with Crippen molar-refractivity contribution in [2.24, 2.45) is 0 Å². The molecule has 0 saturated heterocycles. The summed E-state index contributed by atoms with van der Waals surface area (Å²) in [6, 6.07) is 7.52. The minimum atomic E-state index is 0.545. The summed E-state index contributed by atoms with van der Waals surface area (Å²) in [6.07, 6.45) is 3.10. The smallest absolute Gasteiger partial charge is 0.227 e. The Bertz CT molecular complexity index is 459. The van der Waals surface area contributed by atoms with E-state index >= 15 is 0 Å². The van der Waals surface area contributed by atoms with Gasteiger partial charge in [0.05, 0.1) is 11.8 Å². The molecule has 2 aromatic rings. The van der Waals surface area contributed by atoms with E-state index in [2.05, 4.69) is 4.98 Å². The van der Waals surface area contributed by atoms with Gasteiger partial charge in [-0.3, -0.25) is 0 Å². The summed E-state index contributed by atoms with van der Waals surface area (Å²) in [7, 11) is 0. The summed E-state index contributed by atoms with van der Waals surface area (Å²) in [4.78, 5) is 4.90. The molecule has 0 spiro atoms. The van der Waals surface area contributed by atoms with Crippen LogP contribution >= 0.6 is 11.8 Å². The average Bonchev–Trinajstić information content (AvgIpc) is 2.72. The molecule has 0 radical (unpaired) electrons. The largest absolute Gasteiger partial charge is 0.444 e. The van der Waals surface area contributed by atoms with Gasteiger partial charge < -0.3 is 4.42 Å². The standard InChI is InChI=1S/C10H6N2OS/c11-7-14-9-4-2-1-3-8(9)10-12-5-6-13-10/h1-6H. The van der Waals surface area contributed by atoms with Crippen molar-refractivity contribution in [2.45, 2.75) is 4.90 Å². The van der Waals surface area contributed by atoms with Gasteiger partial charge in [-0.15, -0.1) is 0 Å². The third-order valence-corrected chi connectivity index (χ3v) is 2.37. The molecule has 0 aliphatic rings. The number of thiocyanates is 1. The molecule has 68 valence electrons. The topological polar surface area (TPSA) is 49.8 Å². The SMILES string of the molecule is N#CSc1ccccc1-c1ncco1. The molecule has 2 rings (SSSR count). The van der Waals surface area contributed by atoms with Crippen molar-refractivity contribution in [3.8, 4) is 16.9 Å². The summed E-state index contributed by atoms with van der Waals surface area (Å²) in [5.41, 5.74) is 0.851. The van der Waals surface area contributed by atoms with E-state index in [1.165, 1.54) is 6.26 Å². The number of rotatable bonds is 2. The zero-order valence-corrected chi connectivity index (χ0v) is 7.99. The highest BCUT2D eigenvalue weighted by Crippen LogP contribution is 2.29. The predicted octanol–water partition coefficient (Wildman–Crippen LogP) is 2.91. The van der Waals surface area contributed by atoms with E-state index in [1.807, 2.05) is 29.7 Å². The summed E-state index contributed by atoms with van der Waals surface area (Å²) in [6.45, 7) is 0. The molecule has 3 nitrogen and oxygen atoms in total. The summed E-state index contributed by atoms with van der Waals surface area (Å²) >= 11 is 1.11. The highest BCUT2D eigenvalue weighted by atomic mass is 32.2. The van der Waals surface area contributed by atoms with Gasteiger partial charge in [-0.25, -0.2) is 4.98 Å². The van der Waals surface area contributed by atoms with Crippen molar-refractivity contribution in [3.63, 3.8) is 0 Å². The van der Waals surface area contributed by atoms with Crippen LogP contribution in [0.15, 0.2) is 46.0 Å². The summed E-state index contributed by atoms with van der Waals surface area (Å²) in [5.74, 6) is 0.545. The van der Waals surface area contributed by atoms with Crippen LogP contribution in [0.5, 0.6) is 0 Å². The fourth-order valence-corrected chi connectivity index (χ4v) is 1.65. The molecular weight excluding hydrogens is 196 g/mol. The Hall–Kier alpha value is -1.73. The molecule has 0 N–H and O–H groups in total. The molecule has 0 amide bonds. The van der Waals surface area contributed by atoms with Gasteiger partial charge in [-0.2, -0.15) is 5.26 Å². The first-order valence-electron chi connectivity index (χ1n) is 3.96. The number of oxazole rings is 1. The van der Waals surface area contributed by atoms with Crippen LogP contribution in [0.3, 0.4) is 0 Å². The van der Waals surface area contributed by atoms with Crippen LogP contribution in [0.25, 0.3) is 11.5 Å². The Morgan fingerprint density at radius 3 is 2.93 bits per heavy atom. The van der Waals surface area contributed by atoms with Crippen LogP contribution in [0.1, 0.15) is 0 Å². The van der Waals surface area contributed by atoms with E-state index in [4.69, 9.17) is 9.68 Å². The first-order valence-corrected chi connectivity index (χ1v) is 4.78. The van der Waals surface area contributed by atoms with Gasteiger partial charge in [0.15, 0.2) is 0 Å². The van der Waals surface area contributed by atoms with Crippen LogP contribution in [0, 0.1) is 10.7 Å². The molecule has 0 aliphatic heterocycles. The second-order valence-electron chi connectivity index (χ2n) is 2.53. The van der Waals surface area contributed by atoms with Gasteiger partial charge in [0.25, 0.3) is 0 Å². The van der Waals surface area contributed by atoms with E-state index in [1.54, 1.807) is 6.20 Å². The third kappa shape index (κ3) is 1.63. The van der Waals surface area contributed by atoms with Gasteiger partial charge in [0.1, 0.15) is 11.7 Å². The lowest BCUT2D eigenvalue weighted by molar-refractivity contribution is 0.573. The van der Waals surface area contributed by atoms with E-state index < -0.39 is 0 Å². The van der Waals surface area contributed by atoms with E-state index in [0.717, 1.165) is 22.2 Å². The molecule has 1 aromatic heterocycles. The molecule has 1 aromatic carbocycles. The lowest BCUT2D eigenvalue weighted by Gasteiger charge is -1.99. The van der Waals surface area contributed by atoms with Crippen molar-refractivity contribution in [1.29, 1.82) is 5.26 Å². The van der Waals surface area contributed by atoms with E-state index in [9.17, 15) is 0 Å². The Balaban J connectivity index is 2.48. The number of aromatic nitrogens is 1. The zero-order chi connectivity index (χ0) is 9.80. The molecule has 0 atom stereocenters. The van der Waals surface area contributed by atoms with E-state index in [-0.39, 0.29) is 0 Å². The monoisotopic (exact) mass is 202 g/mol. The van der Waals surface area contributed by atoms with Crippen molar-refractivity contribution in [3.05, 3.63) is 36.7 Å². The van der Waals surface area contributed by atoms with Crippen LogP contribution in [-0.4, -0.2) is 4.98 Å². The first kappa shape index (κ1) is 8.85. The minimum Gasteiger partial charge on any atom is -0.444 e. The van der Waals surface area contributed by atoms with Crippen LogP contribution in [0.2, 0.25) is 0 Å². The summed E-state index contributed by atoms with van der Waals surface area (Å²) < 4.78 is 5.17. The van der Waals surface area contributed by atoms with Gasteiger partial charge in [0, 0.05) is 4.90 Å². The number of hydrogen-bond acceptors (Lipinski definition) is 4. The Labute approximate surface area is 85.4 Å². The van der Waals surface area contributed by atoms with Gasteiger partial charge in [-0.05, 0) is 23.9 Å². The Morgan fingerprint density at radius 1 is 1.36 bits per heavy atom. The number of thioether (sulfide) groups is 1. The van der Waals surface area contributed by atoms with E-state index in [0.29, 0.717) is 5.89 Å². The molecule has 14 heavy (non-hydrogen) atoms. The molecule has 4 heteroatoms. The maximum Gasteiger partial charge on any atom is 0.227 e. The lowest BCUT2D eigenvalue weighted by Crippen LogP contribution is -1.80. The van der Waals surface area contributed by atoms with Crippen molar-refractivity contribution >= 4 is 11.8 Å². The number of nitriles is 1. The predicted molar refractivity (Wildman–Crippen MR) is 53.4 cm³/mol. The van der Waals surface area contributed by atoms with Crippen molar-refractivity contribution in [2.75, 3.05) is 0 Å². The maximum atomic E-state index is 8.60. The van der Waals surface area contributed by atoms with Crippen molar-refractivity contribution in [1.82, 2.24) is 4.98 Å². The minimum absolute atomic E-state index is 0.545. The van der Waals surface area contributed by atoms with Crippen molar-refractivity contribution < 1.29 is 4.42 Å². The molecule has 0 fully saturated rings. The zero-order valence-electron chi connectivity index (χ0n) is 7.18. The highest BCUT2D eigenvalue weighted by molar-refractivity contribution is 8.03. The average molecular weight is 202 g/mol. The quantitative estimate of drug-likeness (QED) is 0.555. The first-order chi connectivity index (χ1) is 6.92. The maximum absolute atomic E-state index is 8.60. The van der Waals surface area contributed by atoms with Crippen LogP contribution < -0.4 is 0 Å². The van der Waals surface area contributed by atoms with Gasteiger partial charge in [-0.1, -0.05) is 12.1 Å². The van der Waals surface area contributed by atoms with Gasteiger partial charge in [0.2, 0.25) is 5.89 Å². The van der Waals surface area contributed by atoms with Gasteiger partial charge >= 0.3 is 0 Å². The number of hydrogen-bond donors (Lipinski definition) is 0. The number of nitrogens with zero attached hydrogens (tertiary/aromatic N) is 2. The molecule has 0 saturated carbocycles. The molecule has 1 heterocycles. The Kier molecular flexibility index (Phi) is 2.52. The summed E-state index contributed by atoms with van der Waals surface area (Å²) in [5, 5.41) is 10.6. The molecule has 0 aliphatic carbocycles. The van der Waals surface area contributed by atoms with Crippen LogP contribution in [-0.2, 0) is 0 Å². The molecule has 0 unspecified atom stereocenters. The number of benzene rings is 1. The molecular formula is C10H6N2OS.